The first kappa shape index (κ1) is 15.2. The van der Waals surface area contributed by atoms with Crippen molar-refractivity contribution in [2.24, 2.45) is 11.8 Å². The molecular weight excluding hydrogens is 244 g/mol. The lowest BCUT2D eigenvalue weighted by atomic mass is 9.76. The number of ether oxygens (including phenoxy) is 1. The molecule has 1 saturated heterocycles. The monoisotopic (exact) mass is 272 g/mol. The zero-order valence-electron chi connectivity index (χ0n) is 12.7. The summed E-state index contributed by atoms with van der Waals surface area (Å²) in [6.07, 6.45) is 1.24. The fraction of sp³-hybridized carbons (Fsp3) is 1.00. The van der Waals surface area contributed by atoms with Crippen LogP contribution in [0.15, 0.2) is 0 Å². The first-order valence-corrected chi connectivity index (χ1v) is 7.28. The second-order valence-corrected chi connectivity index (χ2v) is 7.55. The van der Waals surface area contributed by atoms with Gasteiger partial charge in [0.2, 0.25) is 0 Å². The van der Waals surface area contributed by atoms with Crippen molar-refractivity contribution in [2.75, 3.05) is 0 Å². The van der Waals surface area contributed by atoms with Gasteiger partial charge in [-0.15, -0.1) is 0 Å². The van der Waals surface area contributed by atoms with Crippen molar-refractivity contribution >= 4 is 0 Å². The van der Waals surface area contributed by atoms with E-state index < -0.39 is 22.9 Å². The first-order chi connectivity index (χ1) is 8.47. The Hall–Kier alpha value is -0.160. The van der Waals surface area contributed by atoms with E-state index in [-0.39, 0.29) is 17.9 Å². The summed E-state index contributed by atoms with van der Waals surface area (Å²) in [4.78, 5) is 0. The van der Waals surface area contributed by atoms with Gasteiger partial charge in [-0.25, -0.2) is 0 Å². The highest BCUT2D eigenvalue weighted by atomic mass is 16.5. The Labute approximate surface area is 115 Å². The molecule has 2 fully saturated rings. The highest BCUT2D eigenvalue weighted by Crippen LogP contribution is 2.51. The summed E-state index contributed by atoms with van der Waals surface area (Å²) < 4.78 is 6.11. The lowest BCUT2D eigenvalue weighted by Crippen LogP contribution is -2.46. The second kappa shape index (κ2) is 4.42. The Morgan fingerprint density at radius 2 is 1.84 bits per heavy atom. The molecule has 1 aliphatic heterocycles. The van der Waals surface area contributed by atoms with E-state index in [4.69, 9.17) is 4.74 Å². The summed E-state index contributed by atoms with van der Waals surface area (Å²) in [6.45, 7) is 9.28. The van der Waals surface area contributed by atoms with Gasteiger partial charge in [-0.1, -0.05) is 6.92 Å². The Balaban J connectivity index is 2.19. The van der Waals surface area contributed by atoms with Crippen molar-refractivity contribution in [3.05, 3.63) is 0 Å². The van der Waals surface area contributed by atoms with Crippen LogP contribution >= 0.6 is 0 Å². The molecule has 0 unspecified atom stereocenters. The van der Waals surface area contributed by atoms with Crippen LogP contribution in [-0.2, 0) is 4.74 Å². The largest absolute Gasteiger partial charge is 0.393 e. The maximum Gasteiger partial charge on any atom is 0.0865 e. The highest BCUT2D eigenvalue weighted by molar-refractivity contribution is 5.07. The number of aliphatic hydroxyl groups excluding tert-OH is 1. The van der Waals surface area contributed by atoms with Crippen LogP contribution in [0.4, 0.5) is 0 Å². The fourth-order valence-electron chi connectivity index (χ4n) is 4.00. The summed E-state index contributed by atoms with van der Waals surface area (Å²) >= 11 is 0. The molecule has 3 N–H and O–H groups in total. The molecule has 112 valence electrons. The number of hydrogen-bond donors (Lipinski definition) is 3. The molecule has 0 bridgehead atoms. The first-order valence-electron chi connectivity index (χ1n) is 7.28. The van der Waals surface area contributed by atoms with E-state index in [1.165, 1.54) is 0 Å². The Bertz CT molecular complexity index is 347. The predicted molar refractivity (Wildman–Crippen MR) is 72.7 cm³/mol. The van der Waals surface area contributed by atoms with E-state index in [2.05, 4.69) is 0 Å². The van der Waals surface area contributed by atoms with Crippen LogP contribution < -0.4 is 0 Å². The van der Waals surface area contributed by atoms with E-state index in [0.717, 1.165) is 12.8 Å². The van der Waals surface area contributed by atoms with Crippen LogP contribution in [0.3, 0.4) is 0 Å². The Kier molecular flexibility index (Phi) is 3.54. The minimum atomic E-state index is -0.868. The average molecular weight is 272 g/mol. The maximum atomic E-state index is 10.3. The van der Waals surface area contributed by atoms with E-state index >= 15 is 0 Å². The predicted octanol–water partition coefficient (Wildman–Crippen LogP) is 1.46. The van der Waals surface area contributed by atoms with Crippen molar-refractivity contribution in [2.45, 2.75) is 82.9 Å². The molecule has 0 aromatic carbocycles. The van der Waals surface area contributed by atoms with Crippen LogP contribution in [-0.4, -0.2) is 44.3 Å². The van der Waals surface area contributed by atoms with Crippen molar-refractivity contribution in [1.29, 1.82) is 0 Å². The maximum absolute atomic E-state index is 10.3. The fourth-order valence-corrected chi connectivity index (χ4v) is 4.00. The number of rotatable bonds is 2. The Morgan fingerprint density at radius 1 is 1.26 bits per heavy atom. The lowest BCUT2D eigenvalue weighted by Gasteiger charge is -2.39. The van der Waals surface area contributed by atoms with Crippen LogP contribution in [0, 0.1) is 11.8 Å². The molecule has 1 saturated carbocycles. The zero-order chi connectivity index (χ0) is 14.6. The molecule has 1 heterocycles. The minimum Gasteiger partial charge on any atom is -0.393 e. The normalized spacial score (nSPS) is 51.8. The topological polar surface area (TPSA) is 69.9 Å². The van der Waals surface area contributed by atoms with Gasteiger partial charge in [0.25, 0.3) is 0 Å². The molecule has 2 aliphatic rings. The zero-order valence-corrected chi connectivity index (χ0v) is 12.7. The molecule has 4 heteroatoms. The summed E-state index contributed by atoms with van der Waals surface area (Å²) in [5.41, 5.74) is -2.18. The van der Waals surface area contributed by atoms with Gasteiger partial charge < -0.3 is 20.1 Å². The van der Waals surface area contributed by atoms with Crippen LogP contribution in [0.5, 0.6) is 0 Å². The smallest absolute Gasteiger partial charge is 0.0865 e. The number of aliphatic hydroxyl groups is 3. The van der Waals surface area contributed by atoms with Gasteiger partial charge in [0.05, 0.1) is 29.0 Å². The van der Waals surface area contributed by atoms with Gasteiger partial charge in [0.15, 0.2) is 0 Å². The van der Waals surface area contributed by atoms with Crippen molar-refractivity contribution < 1.29 is 20.1 Å². The summed E-state index contributed by atoms with van der Waals surface area (Å²) in [5, 5.41) is 30.7. The molecule has 1 aliphatic carbocycles. The van der Waals surface area contributed by atoms with E-state index in [9.17, 15) is 15.3 Å². The average Bonchev–Trinajstić information content (AvgIpc) is 2.67. The second-order valence-electron chi connectivity index (χ2n) is 7.55. The standard InChI is InChI=1S/C15H28O4/c1-9-12(10(16)8-14(9,4)18)15(5)7-6-11(19-15)13(2,3)17/h9-12,16-18H,6-8H2,1-5H3/t9-,10-,11+,12-,14+,15+/m1/s1. The molecule has 4 nitrogen and oxygen atoms in total. The molecule has 0 aromatic heterocycles. The summed E-state index contributed by atoms with van der Waals surface area (Å²) in [6, 6.07) is 0. The Morgan fingerprint density at radius 3 is 2.21 bits per heavy atom. The summed E-state index contributed by atoms with van der Waals surface area (Å²) in [7, 11) is 0. The third-order valence-electron chi connectivity index (χ3n) is 5.36. The molecule has 2 rings (SSSR count). The molecule has 0 spiro atoms. The van der Waals surface area contributed by atoms with Crippen molar-refractivity contribution in [3.8, 4) is 0 Å². The van der Waals surface area contributed by atoms with E-state index in [1.54, 1.807) is 20.8 Å². The molecule has 0 amide bonds. The number of hydrogen-bond acceptors (Lipinski definition) is 4. The molecule has 0 aromatic rings. The van der Waals surface area contributed by atoms with Gasteiger partial charge in [0, 0.05) is 12.3 Å². The van der Waals surface area contributed by atoms with Crippen LogP contribution in [0.1, 0.15) is 53.9 Å². The van der Waals surface area contributed by atoms with Crippen LogP contribution in [0.2, 0.25) is 0 Å². The van der Waals surface area contributed by atoms with Gasteiger partial charge in [-0.3, -0.25) is 0 Å². The highest BCUT2D eigenvalue weighted by Gasteiger charge is 2.57. The lowest BCUT2D eigenvalue weighted by molar-refractivity contribution is -0.155. The van der Waals surface area contributed by atoms with Crippen molar-refractivity contribution in [1.82, 2.24) is 0 Å². The van der Waals surface area contributed by atoms with Gasteiger partial charge >= 0.3 is 0 Å². The van der Waals surface area contributed by atoms with Gasteiger partial charge in [0.1, 0.15) is 0 Å². The van der Waals surface area contributed by atoms with E-state index in [0.29, 0.717) is 6.42 Å². The van der Waals surface area contributed by atoms with Crippen molar-refractivity contribution in [3.63, 3.8) is 0 Å². The molecular formula is C15H28O4. The molecule has 0 radical (unpaired) electrons. The van der Waals surface area contributed by atoms with Gasteiger partial charge in [-0.05, 0) is 46.5 Å². The van der Waals surface area contributed by atoms with E-state index in [1.807, 2.05) is 13.8 Å². The van der Waals surface area contributed by atoms with Crippen LogP contribution in [0.25, 0.3) is 0 Å². The SMILES string of the molecule is C[C@@H]1[C@@H]([C@]2(C)CC[C@@H](C(C)(C)O)O2)[C@H](O)C[C@]1(C)O. The third-order valence-corrected chi connectivity index (χ3v) is 5.36. The molecule has 19 heavy (non-hydrogen) atoms. The quantitative estimate of drug-likeness (QED) is 0.712. The molecule has 6 atom stereocenters. The minimum absolute atomic E-state index is 0.0203. The van der Waals surface area contributed by atoms with Gasteiger partial charge in [-0.2, -0.15) is 0 Å². The third kappa shape index (κ3) is 2.56. The summed E-state index contributed by atoms with van der Waals surface area (Å²) in [5.74, 6) is -0.108.